The van der Waals surface area contributed by atoms with Crippen molar-refractivity contribution in [1.82, 2.24) is 4.90 Å². The standard InChI is InChI=1S/C12H24N2/c1-10(8-13)9-14(3)12-7-5-4-6-11(12)2/h11-12H,1,4-9,13H2,2-3H3. The molecule has 0 aromatic rings. The fourth-order valence-electron chi connectivity index (χ4n) is 2.49. The van der Waals surface area contributed by atoms with Gasteiger partial charge in [0, 0.05) is 19.1 Å². The van der Waals surface area contributed by atoms with E-state index in [0.29, 0.717) is 6.54 Å². The molecule has 2 N–H and O–H groups in total. The maximum absolute atomic E-state index is 5.56. The van der Waals surface area contributed by atoms with Gasteiger partial charge < -0.3 is 5.73 Å². The summed E-state index contributed by atoms with van der Waals surface area (Å²) >= 11 is 0. The van der Waals surface area contributed by atoms with Crippen molar-refractivity contribution in [3.63, 3.8) is 0 Å². The van der Waals surface area contributed by atoms with E-state index in [2.05, 4.69) is 25.5 Å². The van der Waals surface area contributed by atoms with Gasteiger partial charge in [-0.2, -0.15) is 0 Å². The van der Waals surface area contributed by atoms with Crippen molar-refractivity contribution in [3.05, 3.63) is 12.2 Å². The number of nitrogens with two attached hydrogens (primary N) is 1. The van der Waals surface area contributed by atoms with Crippen molar-refractivity contribution in [2.24, 2.45) is 11.7 Å². The van der Waals surface area contributed by atoms with Gasteiger partial charge in [0.1, 0.15) is 0 Å². The number of likely N-dealkylation sites (N-methyl/N-ethyl adjacent to an activating group) is 1. The topological polar surface area (TPSA) is 29.3 Å². The Morgan fingerprint density at radius 1 is 1.43 bits per heavy atom. The molecule has 0 aromatic heterocycles. The zero-order valence-electron chi connectivity index (χ0n) is 9.63. The van der Waals surface area contributed by atoms with Gasteiger partial charge in [-0.25, -0.2) is 0 Å². The van der Waals surface area contributed by atoms with E-state index < -0.39 is 0 Å². The van der Waals surface area contributed by atoms with Crippen LogP contribution in [-0.2, 0) is 0 Å². The van der Waals surface area contributed by atoms with Gasteiger partial charge in [-0.1, -0.05) is 26.3 Å². The Morgan fingerprint density at radius 3 is 2.64 bits per heavy atom. The van der Waals surface area contributed by atoms with Gasteiger partial charge >= 0.3 is 0 Å². The molecule has 82 valence electrons. The van der Waals surface area contributed by atoms with E-state index in [1.165, 1.54) is 25.7 Å². The fourth-order valence-corrected chi connectivity index (χ4v) is 2.49. The van der Waals surface area contributed by atoms with Crippen molar-refractivity contribution in [1.29, 1.82) is 0 Å². The normalized spacial score (nSPS) is 28.0. The first-order valence-corrected chi connectivity index (χ1v) is 5.72. The minimum atomic E-state index is 0.617. The molecule has 1 saturated carbocycles. The zero-order chi connectivity index (χ0) is 10.6. The van der Waals surface area contributed by atoms with Crippen LogP contribution in [-0.4, -0.2) is 31.1 Å². The lowest BCUT2D eigenvalue weighted by Crippen LogP contribution is -2.40. The average molecular weight is 196 g/mol. The smallest absolute Gasteiger partial charge is 0.0202 e. The molecule has 0 aliphatic heterocycles. The molecule has 0 saturated heterocycles. The molecular formula is C12H24N2. The molecule has 14 heavy (non-hydrogen) atoms. The zero-order valence-corrected chi connectivity index (χ0v) is 9.63. The van der Waals surface area contributed by atoms with Gasteiger partial charge in [0.15, 0.2) is 0 Å². The summed E-state index contributed by atoms with van der Waals surface area (Å²) in [6.07, 6.45) is 5.51. The highest BCUT2D eigenvalue weighted by Gasteiger charge is 2.24. The van der Waals surface area contributed by atoms with Crippen LogP contribution >= 0.6 is 0 Å². The summed E-state index contributed by atoms with van der Waals surface area (Å²) in [5.74, 6) is 0.833. The van der Waals surface area contributed by atoms with Crippen molar-refractivity contribution >= 4 is 0 Å². The molecule has 0 aromatic carbocycles. The van der Waals surface area contributed by atoms with Crippen LogP contribution in [0.15, 0.2) is 12.2 Å². The number of rotatable bonds is 4. The maximum Gasteiger partial charge on any atom is 0.0202 e. The van der Waals surface area contributed by atoms with Gasteiger partial charge in [0.2, 0.25) is 0 Å². The van der Waals surface area contributed by atoms with Crippen molar-refractivity contribution in [3.8, 4) is 0 Å². The lowest BCUT2D eigenvalue weighted by Gasteiger charge is -2.36. The molecule has 2 heteroatoms. The second-order valence-corrected chi connectivity index (χ2v) is 4.70. The minimum absolute atomic E-state index is 0.617. The largest absolute Gasteiger partial charge is 0.327 e. The van der Waals surface area contributed by atoms with Crippen LogP contribution in [0, 0.1) is 5.92 Å². The second-order valence-electron chi connectivity index (χ2n) is 4.70. The fraction of sp³-hybridized carbons (Fsp3) is 0.833. The summed E-state index contributed by atoms with van der Waals surface area (Å²) in [7, 11) is 2.20. The van der Waals surface area contributed by atoms with Gasteiger partial charge in [-0.05, 0) is 31.4 Å². The van der Waals surface area contributed by atoms with Crippen LogP contribution in [0.4, 0.5) is 0 Å². The van der Waals surface area contributed by atoms with Crippen LogP contribution in [0.5, 0.6) is 0 Å². The molecule has 2 unspecified atom stereocenters. The van der Waals surface area contributed by atoms with Gasteiger partial charge in [0.05, 0.1) is 0 Å². The third-order valence-electron chi connectivity index (χ3n) is 3.39. The van der Waals surface area contributed by atoms with E-state index in [1.807, 2.05) is 0 Å². The Bertz CT molecular complexity index is 189. The summed E-state index contributed by atoms with van der Waals surface area (Å²) in [5.41, 5.74) is 6.70. The first kappa shape index (κ1) is 11.7. The molecule has 0 spiro atoms. The van der Waals surface area contributed by atoms with Crippen LogP contribution in [0.1, 0.15) is 32.6 Å². The molecule has 1 aliphatic rings. The van der Waals surface area contributed by atoms with Crippen LogP contribution in [0.25, 0.3) is 0 Å². The summed E-state index contributed by atoms with van der Waals surface area (Å²) in [4.78, 5) is 2.43. The first-order valence-electron chi connectivity index (χ1n) is 5.72. The summed E-state index contributed by atoms with van der Waals surface area (Å²) in [5, 5.41) is 0. The van der Waals surface area contributed by atoms with Crippen LogP contribution in [0.3, 0.4) is 0 Å². The second kappa shape index (κ2) is 5.52. The quantitative estimate of drug-likeness (QED) is 0.697. The predicted molar refractivity (Wildman–Crippen MR) is 62.2 cm³/mol. The molecule has 0 radical (unpaired) electrons. The van der Waals surface area contributed by atoms with Crippen molar-refractivity contribution in [2.45, 2.75) is 38.6 Å². The van der Waals surface area contributed by atoms with Gasteiger partial charge in [0.25, 0.3) is 0 Å². The molecular weight excluding hydrogens is 172 g/mol. The lowest BCUT2D eigenvalue weighted by atomic mass is 9.85. The molecule has 2 nitrogen and oxygen atoms in total. The Balaban J connectivity index is 2.41. The highest BCUT2D eigenvalue weighted by atomic mass is 15.1. The van der Waals surface area contributed by atoms with E-state index >= 15 is 0 Å². The molecule has 1 aliphatic carbocycles. The summed E-state index contributed by atoms with van der Waals surface area (Å²) < 4.78 is 0. The third kappa shape index (κ3) is 3.10. The first-order chi connectivity index (χ1) is 6.65. The summed E-state index contributed by atoms with van der Waals surface area (Å²) in [6, 6.07) is 0.743. The van der Waals surface area contributed by atoms with Crippen LogP contribution < -0.4 is 5.73 Å². The molecule has 1 fully saturated rings. The highest BCUT2D eigenvalue weighted by molar-refractivity contribution is 4.99. The van der Waals surface area contributed by atoms with Gasteiger partial charge in [-0.15, -0.1) is 0 Å². The SMILES string of the molecule is C=C(CN)CN(C)C1CCCCC1C. The van der Waals surface area contributed by atoms with Crippen molar-refractivity contribution in [2.75, 3.05) is 20.1 Å². The van der Waals surface area contributed by atoms with Crippen molar-refractivity contribution < 1.29 is 0 Å². The highest BCUT2D eigenvalue weighted by Crippen LogP contribution is 2.27. The number of hydrogen-bond acceptors (Lipinski definition) is 2. The molecule has 0 amide bonds. The van der Waals surface area contributed by atoms with E-state index in [9.17, 15) is 0 Å². The Hall–Kier alpha value is -0.340. The Labute approximate surface area is 88.2 Å². The molecule has 2 atom stereocenters. The number of hydrogen-bond donors (Lipinski definition) is 1. The van der Waals surface area contributed by atoms with Crippen LogP contribution in [0.2, 0.25) is 0 Å². The average Bonchev–Trinajstić information content (AvgIpc) is 2.18. The minimum Gasteiger partial charge on any atom is -0.327 e. The molecule has 0 heterocycles. The monoisotopic (exact) mass is 196 g/mol. The van der Waals surface area contributed by atoms with E-state index in [1.54, 1.807) is 0 Å². The third-order valence-corrected chi connectivity index (χ3v) is 3.39. The van der Waals surface area contributed by atoms with E-state index in [-0.39, 0.29) is 0 Å². The van der Waals surface area contributed by atoms with E-state index in [0.717, 1.165) is 24.1 Å². The van der Waals surface area contributed by atoms with E-state index in [4.69, 9.17) is 5.73 Å². The summed E-state index contributed by atoms with van der Waals surface area (Å²) in [6.45, 7) is 7.91. The van der Waals surface area contributed by atoms with Gasteiger partial charge in [-0.3, -0.25) is 4.90 Å². The Kier molecular flexibility index (Phi) is 4.63. The molecule has 0 bridgehead atoms. The Morgan fingerprint density at radius 2 is 2.07 bits per heavy atom. The maximum atomic E-state index is 5.56. The number of nitrogens with zero attached hydrogens (tertiary/aromatic N) is 1. The predicted octanol–water partition coefficient (Wildman–Crippen LogP) is 2.01. The molecule has 1 rings (SSSR count). The lowest BCUT2D eigenvalue weighted by molar-refractivity contribution is 0.149.